The molecule has 1 aromatic carbocycles. The second kappa shape index (κ2) is 4.95. The van der Waals surface area contributed by atoms with Crippen LogP contribution in [0.1, 0.15) is 11.1 Å². The van der Waals surface area contributed by atoms with Crippen molar-refractivity contribution >= 4 is 9.84 Å². The summed E-state index contributed by atoms with van der Waals surface area (Å²) in [6.07, 6.45) is 1.19. The van der Waals surface area contributed by atoms with E-state index >= 15 is 0 Å². The predicted octanol–water partition coefficient (Wildman–Crippen LogP) is 0.644. The van der Waals surface area contributed by atoms with Crippen LogP contribution in [0.15, 0.2) is 23.1 Å². The lowest BCUT2D eigenvalue weighted by atomic mass is 10.1. The van der Waals surface area contributed by atoms with Crippen molar-refractivity contribution in [1.82, 2.24) is 4.90 Å². The minimum Gasteiger partial charge on any atom is -0.392 e. The minimum atomic E-state index is -3.21. The second-order valence-corrected chi connectivity index (χ2v) is 6.09. The van der Waals surface area contributed by atoms with E-state index in [0.29, 0.717) is 11.4 Å². The molecule has 0 fully saturated rings. The van der Waals surface area contributed by atoms with E-state index in [1.165, 1.54) is 6.26 Å². The van der Waals surface area contributed by atoms with E-state index in [2.05, 4.69) is 0 Å². The van der Waals surface area contributed by atoms with Crippen LogP contribution < -0.4 is 0 Å². The monoisotopic (exact) mass is 243 g/mol. The van der Waals surface area contributed by atoms with Crippen molar-refractivity contribution in [2.75, 3.05) is 20.4 Å². The van der Waals surface area contributed by atoms with Crippen molar-refractivity contribution in [2.24, 2.45) is 0 Å². The number of rotatable bonds is 4. The lowest BCUT2D eigenvalue weighted by molar-refractivity contribution is 0.281. The van der Waals surface area contributed by atoms with Gasteiger partial charge >= 0.3 is 0 Å². The summed E-state index contributed by atoms with van der Waals surface area (Å²) in [6, 6.07) is 4.92. The fourth-order valence-electron chi connectivity index (χ4n) is 1.56. The first-order valence-electron chi connectivity index (χ1n) is 4.92. The number of benzene rings is 1. The third kappa shape index (κ3) is 3.30. The molecule has 0 heterocycles. The van der Waals surface area contributed by atoms with Gasteiger partial charge in [0.1, 0.15) is 0 Å². The topological polar surface area (TPSA) is 57.6 Å². The highest BCUT2D eigenvalue weighted by Gasteiger charge is 2.14. The van der Waals surface area contributed by atoms with E-state index in [0.717, 1.165) is 11.1 Å². The van der Waals surface area contributed by atoms with Gasteiger partial charge in [-0.1, -0.05) is 12.1 Å². The zero-order valence-electron chi connectivity index (χ0n) is 9.77. The molecule has 0 aromatic heterocycles. The van der Waals surface area contributed by atoms with Crippen molar-refractivity contribution in [2.45, 2.75) is 18.0 Å². The summed E-state index contributed by atoms with van der Waals surface area (Å²) >= 11 is 0. The standard InChI is InChI=1S/C11H17NO3S/c1-12(2)7-10-6-9(8-13)4-5-11(10)16(3,14)15/h4-6,13H,7-8H2,1-3H3. The molecule has 0 saturated carbocycles. The Kier molecular flexibility index (Phi) is 4.07. The molecule has 0 unspecified atom stereocenters. The maximum Gasteiger partial charge on any atom is 0.175 e. The van der Waals surface area contributed by atoms with Gasteiger partial charge in [-0.3, -0.25) is 0 Å². The quantitative estimate of drug-likeness (QED) is 0.843. The zero-order valence-corrected chi connectivity index (χ0v) is 10.6. The van der Waals surface area contributed by atoms with Crippen LogP contribution in [0.5, 0.6) is 0 Å². The average molecular weight is 243 g/mol. The maximum absolute atomic E-state index is 11.6. The molecule has 1 N–H and O–H groups in total. The molecule has 90 valence electrons. The number of sulfone groups is 1. The molecule has 1 aromatic rings. The van der Waals surface area contributed by atoms with Crippen molar-refractivity contribution < 1.29 is 13.5 Å². The van der Waals surface area contributed by atoms with E-state index in [9.17, 15) is 8.42 Å². The van der Waals surface area contributed by atoms with E-state index in [1.54, 1.807) is 18.2 Å². The summed E-state index contributed by atoms with van der Waals surface area (Å²) in [5.41, 5.74) is 1.45. The van der Waals surface area contributed by atoms with Gasteiger partial charge in [-0.25, -0.2) is 8.42 Å². The van der Waals surface area contributed by atoms with Crippen LogP contribution in [-0.2, 0) is 23.0 Å². The van der Waals surface area contributed by atoms with Gasteiger partial charge in [-0.05, 0) is 31.3 Å². The van der Waals surface area contributed by atoms with Crippen LogP contribution in [0.25, 0.3) is 0 Å². The molecule has 0 aliphatic rings. The van der Waals surface area contributed by atoms with Crippen molar-refractivity contribution in [3.63, 3.8) is 0 Å². The number of aliphatic hydroxyl groups excluding tert-OH is 1. The molecule has 4 nitrogen and oxygen atoms in total. The maximum atomic E-state index is 11.6. The van der Waals surface area contributed by atoms with Gasteiger partial charge < -0.3 is 10.0 Å². The number of hydrogen-bond donors (Lipinski definition) is 1. The first-order chi connectivity index (χ1) is 7.34. The van der Waals surface area contributed by atoms with Crippen LogP contribution in [-0.4, -0.2) is 38.8 Å². The predicted molar refractivity (Wildman–Crippen MR) is 62.9 cm³/mol. The molecule has 0 radical (unpaired) electrons. The van der Waals surface area contributed by atoms with E-state index in [1.807, 2.05) is 19.0 Å². The SMILES string of the molecule is CN(C)Cc1cc(CO)ccc1S(C)(=O)=O. The fraction of sp³-hybridized carbons (Fsp3) is 0.455. The van der Waals surface area contributed by atoms with Gasteiger partial charge in [-0.2, -0.15) is 0 Å². The van der Waals surface area contributed by atoms with Gasteiger partial charge in [0.2, 0.25) is 0 Å². The van der Waals surface area contributed by atoms with E-state index in [4.69, 9.17) is 5.11 Å². The van der Waals surface area contributed by atoms with Gasteiger partial charge in [-0.15, -0.1) is 0 Å². The van der Waals surface area contributed by atoms with Crippen molar-refractivity contribution in [3.05, 3.63) is 29.3 Å². The highest BCUT2D eigenvalue weighted by Crippen LogP contribution is 2.18. The summed E-state index contributed by atoms with van der Waals surface area (Å²) in [5.74, 6) is 0. The molecular formula is C11H17NO3S. The lowest BCUT2D eigenvalue weighted by Gasteiger charge is -2.14. The molecule has 0 atom stereocenters. The van der Waals surface area contributed by atoms with Crippen LogP contribution in [0.4, 0.5) is 0 Å². The smallest absolute Gasteiger partial charge is 0.175 e. The molecule has 5 heteroatoms. The molecule has 0 saturated heterocycles. The fourth-order valence-corrected chi connectivity index (χ4v) is 2.47. The molecule has 0 spiro atoms. The van der Waals surface area contributed by atoms with Crippen LogP contribution in [0.2, 0.25) is 0 Å². The van der Waals surface area contributed by atoms with Gasteiger partial charge in [0, 0.05) is 12.8 Å². The largest absolute Gasteiger partial charge is 0.392 e. The third-order valence-electron chi connectivity index (χ3n) is 2.19. The Morgan fingerprint density at radius 3 is 2.38 bits per heavy atom. The highest BCUT2D eigenvalue weighted by molar-refractivity contribution is 7.90. The Bertz CT molecular complexity index is 466. The number of aliphatic hydroxyl groups is 1. The Labute approximate surface area is 96.4 Å². The summed E-state index contributed by atoms with van der Waals surface area (Å²) in [6.45, 7) is 0.459. The molecule has 1 rings (SSSR count). The molecule has 0 aliphatic carbocycles. The number of nitrogens with zero attached hydrogens (tertiary/aromatic N) is 1. The molecule has 0 amide bonds. The van der Waals surface area contributed by atoms with Crippen LogP contribution in [0, 0.1) is 0 Å². The summed E-state index contributed by atoms with van der Waals surface area (Å²) in [7, 11) is 0.533. The summed E-state index contributed by atoms with van der Waals surface area (Å²) in [4.78, 5) is 2.23. The first kappa shape index (κ1) is 13.2. The Morgan fingerprint density at radius 1 is 1.31 bits per heavy atom. The summed E-state index contributed by atoms with van der Waals surface area (Å²) < 4.78 is 23.1. The molecular weight excluding hydrogens is 226 g/mol. The lowest BCUT2D eigenvalue weighted by Crippen LogP contribution is -2.14. The van der Waals surface area contributed by atoms with E-state index < -0.39 is 9.84 Å². The van der Waals surface area contributed by atoms with Gasteiger partial charge in [0.25, 0.3) is 0 Å². The Morgan fingerprint density at radius 2 is 1.94 bits per heavy atom. The van der Waals surface area contributed by atoms with Crippen LogP contribution >= 0.6 is 0 Å². The molecule has 0 bridgehead atoms. The average Bonchev–Trinajstić information content (AvgIpc) is 2.14. The zero-order chi connectivity index (χ0) is 12.3. The Balaban J connectivity index is 3.27. The van der Waals surface area contributed by atoms with Gasteiger partial charge in [0.05, 0.1) is 11.5 Å². The third-order valence-corrected chi connectivity index (χ3v) is 3.39. The number of hydrogen-bond acceptors (Lipinski definition) is 4. The Hall–Kier alpha value is -0.910. The molecule has 0 aliphatic heterocycles. The van der Waals surface area contributed by atoms with Crippen molar-refractivity contribution in [1.29, 1.82) is 0 Å². The molecule has 16 heavy (non-hydrogen) atoms. The van der Waals surface area contributed by atoms with Crippen LogP contribution in [0.3, 0.4) is 0 Å². The normalized spacial score (nSPS) is 12.1. The van der Waals surface area contributed by atoms with Crippen molar-refractivity contribution in [3.8, 4) is 0 Å². The van der Waals surface area contributed by atoms with Gasteiger partial charge in [0.15, 0.2) is 9.84 Å². The minimum absolute atomic E-state index is 0.0789. The van der Waals surface area contributed by atoms with E-state index in [-0.39, 0.29) is 6.61 Å². The highest BCUT2D eigenvalue weighted by atomic mass is 32.2. The summed E-state index contributed by atoms with van der Waals surface area (Å²) in [5, 5.41) is 9.03. The second-order valence-electron chi connectivity index (χ2n) is 4.11. The first-order valence-corrected chi connectivity index (χ1v) is 6.81.